The van der Waals surface area contributed by atoms with Crippen LogP contribution in [0.25, 0.3) is 0 Å². The summed E-state index contributed by atoms with van der Waals surface area (Å²) >= 11 is 0. The van der Waals surface area contributed by atoms with E-state index in [1.807, 2.05) is 0 Å². The van der Waals surface area contributed by atoms with Crippen LogP contribution >= 0.6 is 0 Å². The number of hydrogen-bond acceptors (Lipinski definition) is 3. The molecule has 1 aromatic carbocycles. The number of rotatable bonds is 3. The first kappa shape index (κ1) is 12.5. The number of anilines is 1. The Morgan fingerprint density at radius 2 is 2.12 bits per heavy atom. The summed E-state index contributed by atoms with van der Waals surface area (Å²) in [6.07, 6.45) is 0. The molecular formula is C9H12N2O4S. The van der Waals surface area contributed by atoms with E-state index in [9.17, 15) is 13.2 Å². The second-order valence-electron chi connectivity index (χ2n) is 2.99. The quantitative estimate of drug-likeness (QED) is 0.693. The maximum atomic E-state index is 11.1. The van der Waals surface area contributed by atoms with Gasteiger partial charge in [-0.05, 0) is 25.1 Å². The van der Waals surface area contributed by atoms with E-state index >= 15 is 0 Å². The molecule has 16 heavy (non-hydrogen) atoms. The summed E-state index contributed by atoms with van der Waals surface area (Å²) in [5.74, 6) is 0. The van der Waals surface area contributed by atoms with E-state index in [1.165, 1.54) is 24.3 Å². The van der Waals surface area contributed by atoms with Crippen LogP contribution in [0.1, 0.15) is 6.92 Å². The van der Waals surface area contributed by atoms with Crippen molar-refractivity contribution in [3.8, 4) is 0 Å². The van der Waals surface area contributed by atoms with Crippen molar-refractivity contribution in [2.45, 2.75) is 11.8 Å². The van der Waals surface area contributed by atoms with Gasteiger partial charge in [0.1, 0.15) is 0 Å². The largest absolute Gasteiger partial charge is 0.338 e. The summed E-state index contributed by atoms with van der Waals surface area (Å²) in [4.78, 5) is 10.9. The third-order valence-corrected chi connectivity index (χ3v) is 2.58. The molecule has 0 radical (unpaired) electrons. The molecule has 0 aliphatic heterocycles. The normalized spacial score (nSPS) is 10.9. The van der Waals surface area contributed by atoms with Gasteiger partial charge < -0.3 is 10.6 Å². The number of amides is 2. The summed E-state index contributed by atoms with van der Waals surface area (Å²) in [5.41, 5.74) is 0.293. The highest BCUT2D eigenvalue weighted by Crippen LogP contribution is 2.14. The highest BCUT2D eigenvalue weighted by Gasteiger charge is 2.10. The van der Waals surface area contributed by atoms with Crippen LogP contribution < -0.4 is 10.6 Å². The minimum Gasteiger partial charge on any atom is -0.338 e. The van der Waals surface area contributed by atoms with Crippen molar-refractivity contribution in [1.29, 1.82) is 0 Å². The molecular weight excluding hydrogens is 232 g/mol. The van der Waals surface area contributed by atoms with E-state index in [0.717, 1.165) is 0 Å². The van der Waals surface area contributed by atoms with Crippen LogP contribution in [-0.4, -0.2) is 25.5 Å². The Morgan fingerprint density at radius 1 is 1.44 bits per heavy atom. The van der Waals surface area contributed by atoms with Gasteiger partial charge in [-0.2, -0.15) is 8.42 Å². The zero-order chi connectivity index (χ0) is 12.2. The van der Waals surface area contributed by atoms with Gasteiger partial charge >= 0.3 is 6.03 Å². The van der Waals surface area contributed by atoms with Crippen molar-refractivity contribution in [1.82, 2.24) is 5.32 Å². The number of carbonyl (C=O) groups is 1. The molecule has 0 aliphatic carbocycles. The summed E-state index contributed by atoms with van der Waals surface area (Å²) in [6, 6.07) is 4.91. The molecule has 0 unspecified atom stereocenters. The van der Waals surface area contributed by atoms with Crippen molar-refractivity contribution in [3.05, 3.63) is 24.3 Å². The summed E-state index contributed by atoms with van der Waals surface area (Å²) in [6.45, 7) is 2.22. The lowest BCUT2D eigenvalue weighted by Gasteiger charge is -2.06. The first-order valence-electron chi connectivity index (χ1n) is 4.56. The standard InChI is InChI=1S/C9H12N2O4S/c1-2-10-9(12)11-7-4-3-5-8(6-7)16(13,14)15/h3-6H,2H2,1H3,(H2,10,11,12)(H,13,14,15). The van der Waals surface area contributed by atoms with E-state index in [2.05, 4.69) is 10.6 Å². The molecule has 0 spiro atoms. The molecule has 0 atom stereocenters. The van der Waals surface area contributed by atoms with Crippen LogP contribution in [0.15, 0.2) is 29.2 Å². The lowest BCUT2D eigenvalue weighted by molar-refractivity contribution is 0.252. The first-order chi connectivity index (χ1) is 7.43. The lowest BCUT2D eigenvalue weighted by atomic mass is 10.3. The van der Waals surface area contributed by atoms with Gasteiger partial charge in [-0.1, -0.05) is 6.07 Å². The van der Waals surface area contributed by atoms with Crippen molar-refractivity contribution in [2.24, 2.45) is 0 Å². The zero-order valence-electron chi connectivity index (χ0n) is 8.60. The molecule has 88 valence electrons. The van der Waals surface area contributed by atoms with Gasteiger partial charge in [-0.15, -0.1) is 0 Å². The van der Waals surface area contributed by atoms with E-state index < -0.39 is 16.1 Å². The van der Waals surface area contributed by atoms with Crippen LogP contribution in [-0.2, 0) is 10.1 Å². The maximum absolute atomic E-state index is 11.1. The first-order valence-corrected chi connectivity index (χ1v) is 6.00. The molecule has 0 saturated heterocycles. The van der Waals surface area contributed by atoms with Gasteiger partial charge in [0.15, 0.2) is 0 Å². The van der Waals surface area contributed by atoms with Crippen LogP contribution in [0.5, 0.6) is 0 Å². The van der Waals surface area contributed by atoms with Gasteiger partial charge in [0.25, 0.3) is 10.1 Å². The van der Waals surface area contributed by atoms with Crippen LogP contribution in [0.3, 0.4) is 0 Å². The van der Waals surface area contributed by atoms with E-state index in [-0.39, 0.29) is 4.90 Å². The van der Waals surface area contributed by atoms with Crippen molar-refractivity contribution < 1.29 is 17.8 Å². The highest BCUT2D eigenvalue weighted by molar-refractivity contribution is 7.85. The van der Waals surface area contributed by atoms with E-state index in [0.29, 0.717) is 12.2 Å². The van der Waals surface area contributed by atoms with Gasteiger partial charge in [0.2, 0.25) is 0 Å². The molecule has 6 nitrogen and oxygen atoms in total. The minimum absolute atomic E-state index is 0.262. The second-order valence-corrected chi connectivity index (χ2v) is 4.41. The Labute approximate surface area is 93.4 Å². The van der Waals surface area contributed by atoms with Crippen LogP contribution in [0.4, 0.5) is 10.5 Å². The number of nitrogens with one attached hydrogen (secondary N) is 2. The average molecular weight is 244 g/mol. The van der Waals surface area contributed by atoms with Crippen molar-refractivity contribution in [2.75, 3.05) is 11.9 Å². The summed E-state index contributed by atoms with van der Waals surface area (Å²) in [5, 5.41) is 4.92. The molecule has 1 rings (SSSR count). The molecule has 0 aromatic heterocycles. The van der Waals surface area contributed by atoms with E-state index in [4.69, 9.17) is 4.55 Å². The molecule has 0 saturated carbocycles. The Bertz CT molecular complexity index is 484. The third kappa shape index (κ3) is 3.52. The van der Waals surface area contributed by atoms with Crippen LogP contribution in [0.2, 0.25) is 0 Å². The number of carbonyl (C=O) groups excluding carboxylic acids is 1. The Morgan fingerprint density at radius 3 is 2.69 bits per heavy atom. The maximum Gasteiger partial charge on any atom is 0.319 e. The van der Waals surface area contributed by atoms with E-state index in [1.54, 1.807) is 6.92 Å². The fourth-order valence-corrected chi connectivity index (χ4v) is 1.60. The summed E-state index contributed by atoms with van der Waals surface area (Å²) in [7, 11) is -4.25. The number of urea groups is 1. The Kier molecular flexibility index (Phi) is 3.86. The van der Waals surface area contributed by atoms with Gasteiger partial charge in [0, 0.05) is 12.2 Å². The minimum atomic E-state index is -4.25. The topological polar surface area (TPSA) is 95.5 Å². The van der Waals surface area contributed by atoms with Gasteiger partial charge in [0.05, 0.1) is 4.90 Å². The smallest absolute Gasteiger partial charge is 0.319 e. The molecule has 3 N–H and O–H groups in total. The van der Waals surface area contributed by atoms with Crippen molar-refractivity contribution in [3.63, 3.8) is 0 Å². The molecule has 1 aromatic rings. The molecule has 0 aliphatic rings. The molecule has 0 heterocycles. The van der Waals surface area contributed by atoms with Gasteiger partial charge in [-0.25, -0.2) is 4.79 Å². The Balaban J connectivity index is 2.88. The monoisotopic (exact) mass is 244 g/mol. The highest BCUT2D eigenvalue weighted by atomic mass is 32.2. The third-order valence-electron chi connectivity index (χ3n) is 1.73. The number of hydrogen-bond donors (Lipinski definition) is 3. The fraction of sp³-hybridized carbons (Fsp3) is 0.222. The lowest BCUT2D eigenvalue weighted by Crippen LogP contribution is -2.28. The predicted molar refractivity (Wildman–Crippen MR) is 59.0 cm³/mol. The second kappa shape index (κ2) is 4.95. The predicted octanol–water partition coefficient (Wildman–Crippen LogP) is 1.07. The molecule has 2 amide bonds. The SMILES string of the molecule is CCNC(=O)Nc1cccc(S(=O)(=O)O)c1. The number of benzene rings is 1. The summed E-state index contributed by atoms with van der Waals surface area (Å²) < 4.78 is 30.4. The fourth-order valence-electron chi connectivity index (χ4n) is 1.07. The van der Waals surface area contributed by atoms with Crippen LogP contribution in [0, 0.1) is 0 Å². The van der Waals surface area contributed by atoms with Crippen molar-refractivity contribution >= 4 is 21.8 Å². The molecule has 7 heteroatoms. The van der Waals surface area contributed by atoms with Gasteiger partial charge in [-0.3, -0.25) is 4.55 Å². The Hall–Kier alpha value is -1.60. The zero-order valence-corrected chi connectivity index (χ0v) is 9.41. The molecule has 0 bridgehead atoms. The average Bonchev–Trinajstić information content (AvgIpc) is 2.17. The molecule has 0 fully saturated rings.